The third-order valence-corrected chi connectivity index (χ3v) is 9.02. The number of ether oxygens (including phenoxy) is 3. The van der Waals surface area contributed by atoms with Gasteiger partial charge < -0.3 is 14.2 Å². The molecule has 6 nitrogen and oxygen atoms in total. The van der Waals surface area contributed by atoms with Gasteiger partial charge in [0, 0.05) is 19.3 Å². The van der Waals surface area contributed by atoms with Gasteiger partial charge in [-0.3, -0.25) is 14.4 Å². The zero-order valence-electron chi connectivity index (χ0n) is 32.0. The Labute approximate surface area is 297 Å². The molecule has 1 atom stereocenters. The summed E-state index contributed by atoms with van der Waals surface area (Å²) in [7, 11) is 0. The number of carbonyl (C=O) groups is 3. The highest BCUT2D eigenvalue weighted by Crippen LogP contribution is 2.14. The van der Waals surface area contributed by atoms with Gasteiger partial charge in [-0.1, -0.05) is 168 Å². The lowest BCUT2D eigenvalue weighted by molar-refractivity contribution is -0.167. The molecule has 0 aliphatic carbocycles. The third kappa shape index (κ3) is 35.5. The summed E-state index contributed by atoms with van der Waals surface area (Å²) in [4.78, 5) is 37.3. The Kier molecular flexibility index (Phi) is 36.5. The molecule has 6 heteroatoms. The Morgan fingerprint density at radius 2 is 0.688 bits per heavy atom. The van der Waals surface area contributed by atoms with Gasteiger partial charge in [-0.05, 0) is 44.9 Å². The largest absolute Gasteiger partial charge is 0.462 e. The first-order valence-corrected chi connectivity index (χ1v) is 20.7. The molecule has 0 saturated carbocycles. The second-order valence-electron chi connectivity index (χ2n) is 13.9. The van der Waals surface area contributed by atoms with E-state index in [0.717, 1.165) is 70.6 Å². The molecule has 0 heterocycles. The van der Waals surface area contributed by atoms with Crippen molar-refractivity contribution in [1.82, 2.24) is 0 Å². The van der Waals surface area contributed by atoms with Crippen molar-refractivity contribution in [2.45, 2.75) is 226 Å². The van der Waals surface area contributed by atoms with Crippen molar-refractivity contribution in [2.24, 2.45) is 0 Å². The van der Waals surface area contributed by atoms with Crippen LogP contribution in [-0.4, -0.2) is 37.2 Å². The molecule has 1 unspecified atom stereocenters. The quantitative estimate of drug-likeness (QED) is 0.0282. The lowest BCUT2D eigenvalue weighted by Gasteiger charge is -2.18. The fourth-order valence-corrected chi connectivity index (χ4v) is 5.85. The lowest BCUT2D eigenvalue weighted by Crippen LogP contribution is -2.30. The van der Waals surface area contributed by atoms with E-state index in [9.17, 15) is 14.4 Å². The summed E-state index contributed by atoms with van der Waals surface area (Å²) in [5.74, 6) is -0.892. The molecule has 0 N–H and O–H groups in total. The molecule has 48 heavy (non-hydrogen) atoms. The van der Waals surface area contributed by atoms with Gasteiger partial charge in [0.15, 0.2) is 6.10 Å². The number of hydrogen-bond acceptors (Lipinski definition) is 6. The summed E-state index contributed by atoms with van der Waals surface area (Å²) < 4.78 is 16.5. The maximum atomic E-state index is 12.6. The number of rotatable bonds is 37. The highest BCUT2D eigenvalue weighted by molar-refractivity contribution is 5.71. The van der Waals surface area contributed by atoms with E-state index in [2.05, 4.69) is 32.9 Å². The summed E-state index contributed by atoms with van der Waals surface area (Å²) in [5.41, 5.74) is 0. The smallest absolute Gasteiger partial charge is 0.306 e. The van der Waals surface area contributed by atoms with Crippen molar-refractivity contribution in [1.29, 1.82) is 0 Å². The summed E-state index contributed by atoms with van der Waals surface area (Å²) in [6, 6.07) is 0. The second kappa shape index (κ2) is 38.0. The van der Waals surface area contributed by atoms with Gasteiger partial charge >= 0.3 is 17.9 Å². The Morgan fingerprint density at radius 3 is 1.04 bits per heavy atom. The third-order valence-electron chi connectivity index (χ3n) is 9.02. The van der Waals surface area contributed by atoms with Crippen LogP contribution in [0.5, 0.6) is 0 Å². The topological polar surface area (TPSA) is 78.9 Å². The Hall–Kier alpha value is -1.85. The summed E-state index contributed by atoms with van der Waals surface area (Å²) in [6.45, 7) is 6.52. The van der Waals surface area contributed by atoms with E-state index in [1.54, 1.807) is 0 Å². The van der Waals surface area contributed by atoms with E-state index in [1.807, 2.05) is 0 Å². The molecule has 0 saturated heterocycles. The summed E-state index contributed by atoms with van der Waals surface area (Å²) in [6.07, 6.45) is 37.9. The maximum absolute atomic E-state index is 12.6. The van der Waals surface area contributed by atoms with E-state index in [-0.39, 0.29) is 31.1 Å². The average molecular weight is 679 g/mol. The van der Waals surface area contributed by atoms with Crippen molar-refractivity contribution in [3.63, 3.8) is 0 Å². The Balaban J connectivity index is 4.25. The highest BCUT2D eigenvalue weighted by Gasteiger charge is 2.19. The Morgan fingerprint density at radius 1 is 0.396 bits per heavy atom. The van der Waals surface area contributed by atoms with E-state index in [1.165, 1.54) is 109 Å². The predicted octanol–water partition coefficient (Wildman–Crippen LogP) is 12.7. The van der Waals surface area contributed by atoms with Gasteiger partial charge in [0.1, 0.15) is 13.2 Å². The number of allylic oxidation sites excluding steroid dienone is 2. The van der Waals surface area contributed by atoms with Crippen LogP contribution < -0.4 is 0 Å². The van der Waals surface area contributed by atoms with Crippen molar-refractivity contribution in [3.05, 3.63) is 12.2 Å². The zero-order valence-corrected chi connectivity index (χ0v) is 32.0. The van der Waals surface area contributed by atoms with E-state index >= 15 is 0 Å². The van der Waals surface area contributed by atoms with Crippen molar-refractivity contribution in [3.8, 4) is 0 Å². The first-order valence-electron chi connectivity index (χ1n) is 20.7. The van der Waals surface area contributed by atoms with Crippen LogP contribution in [0.4, 0.5) is 0 Å². The molecule has 0 bridgehead atoms. The van der Waals surface area contributed by atoms with Gasteiger partial charge in [-0.2, -0.15) is 0 Å². The van der Waals surface area contributed by atoms with E-state index < -0.39 is 6.10 Å². The first kappa shape index (κ1) is 46.1. The van der Waals surface area contributed by atoms with Crippen molar-refractivity contribution < 1.29 is 28.6 Å². The minimum absolute atomic E-state index is 0.0711. The van der Waals surface area contributed by atoms with Gasteiger partial charge in [-0.15, -0.1) is 0 Å². The maximum Gasteiger partial charge on any atom is 0.306 e. The molecular formula is C42H78O6. The monoisotopic (exact) mass is 679 g/mol. The van der Waals surface area contributed by atoms with Crippen molar-refractivity contribution >= 4 is 17.9 Å². The van der Waals surface area contributed by atoms with Crippen LogP contribution in [0.3, 0.4) is 0 Å². The molecule has 0 aromatic rings. The molecule has 0 aliphatic heterocycles. The van der Waals surface area contributed by atoms with Crippen LogP contribution >= 0.6 is 0 Å². The van der Waals surface area contributed by atoms with Gasteiger partial charge in [0.05, 0.1) is 0 Å². The summed E-state index contributed by atoms with van der Waals surface area (Å²) in [5, 5.41) is 0. The number of carbonyl (C=O) groups excluding carboxylic acids is 3. The molecule has 0 spiro atoms. The molecule has 0 aromatic heterocycles. The van der Waals surface area contributed by atoms with Crippen LogP contribution in [0.15, 0.2) is 12.2 Å². The SMILES string of the molecule is CCCCCCC/C=C\CCCCCCCC(=O)OCC(COC(=O)CCCCCCC)OC(=O)CCCCCCCCCCCCC. The molecule has 0 rings (SSSR count). The average Bonchev–Trinajstić information content (AvgIpc) is 3.08. The Bertz CT molecular complexity index is 748. The molecule has 0 radical (unpaired) electrons. The fourth-order valence-electron chi connectivity index (χ4n) is 5.85. The van der Waals surface area contributed by atoms with Crippen LogP contribution in [0.2, 0.25) is 0 Å². The fraction of sp³-hybridized carbons (Fsp3) is 0.881. The van der Waals surface area contributed by atoms with Crippen molar-refractivity contribution in [2.75, 3.05) is 13.2 Å². The molecular weight excluding hydrogens is 600 g/mol. The minimum atomic E-state index is -0.761. The number of esters is 3. The van der Waals surface area contributed by atoms with Gasteiger partial charge in [0.2, 0.25) is 0 Å². The standard InChI is InChI=1S/C42H78O6/c1-4-7-10-13-15-17-19-20-21-23-24-26-29-32-35-41(44)47-38-39(37-46-40(43)34-31-28-12-9-6-3)48-42(45)36-33-30-27-25-22-18-16-14-11-8-5-2/h19-20,39H,4-18,21-38H2,1-3H3/b20-19-. The minimum Gasteiger partial charge on any atom is -0.462 e. The van der Waals surface area contributed by atoms with Crippen LogP contribution in [-0.2, 0) is 28.6 Å². The molecule has 0 aromatic carbocycles. The zero-order chi connectivity index (χ0) is 35.2. The van der Waals surface area contributed by atoms with E-state index in [0.29, 0.717) is 19.3 Å². The van der Waals surface area contributed by atoms with Crippen LogP contribution in [0, 0.1) is 0 Å². The molecule has 0 aliphatic rings. The van der Waals surface area contributed by atoms with Crippen LogP contribution in [0.25, 0.3) is 0 Å². The van der Waals surface area contributed by atoms with Crippen LogP contribution in [0.1, 0.15) is 220 Å². The normalized spacial score (nSPS) is 12.0. The number of hydrogen-bond donors (Lipinski definition) is 0. The van der Waals surface area contributed by atoms with Gasteiger partial charge in [0.25, 0.3) is 0 Å². The first-order chi connectivity index (χ1) is 23.5. The van der Waals surface area contributed by atoms with Gasteiger partial charge in [-0.25, -0.2) is 0 Å². The molecule has 0 fully saturated rings. The predicted molar refractivity (Wildman–Crippen MR) is 201 cm³/mol. The lowest BCUT2D eigenvalue weighted by atomic mass is 10.1. The van der Waals surface area contributed by atoms with E-state index in [4.69, 9.17) is 14.2 Å². The highest BCUT2D eigenvalue weighted by atomic mass is 16.6. The number of unbranched alkanes of at least 4 members (excludes halogenated alkanes) is 24. The summed E-state index contributed by atoms with van der Waals surface area (Å²) >= 11 is 0. The second-order valence-corrected chi connectivity index (χ2v) is 13.9. The molecule has 0 amide bonds. The molecule has 282 valence electrons.